The molecule has 0 aliphatic heterocycles. The zero-order chi connectivity index (χ0) is 19.7. The molecule has 0 fully saturated rings. The van der Waals surface area contributed by atoms with Crippen LogP contribution in [0.25, 0.3) is 22.2 Å². The number of aryl methyl sites for hydroxylation is 1. The minimum absolute atomic E-state index is 0.0663. The summed E-state index contributed by atoms with van der Waals surface area (Å²) < 4.78 is 28.5. The monoisotopic (exact) mass is 382 g/mol. The second-order valence-corrected chi connectivity index (χ2v) is 6.12. The predicted molar refractivity (Wildman–Crippen MR) is 99.4 cm³/mol. The molecule has 0 aliphatic carbocycles. The number of rotatable bonds is 5. The normalized spacial score (nSPS) is 11.1. The zero-order valence-electron chi connectivity index (χ0n) is 14.9. The average Bonchev–Trinajstić information content (AvgIpc) is 3.29. The Bertz CT molecular complexity index is 1170. The molecule has 1 amide bonds. The van der Waals surface area contributed by atoms with E-state index in [1.165, 1.54) is 21.7 Å². The van der Waals surface area contributed by atoms with Gasteiger partial charge in [0.25, 0.3) is 0 Å². The fraction of sp³-hybridized carbons (Fsp3) is 0.158. The molecule has 4 aromatic rings. The molecule has 0 atom stereocenters. The highest BCUT2D eigenvalue weighted by atomic mass is 19.2. The molecule has 4 rings (SSSR count). The average molecular weight is 382 g/mol. The minimum atomic E-state index is -0.951. The molecule has 9 heteroatoms. The van der Waals surface area contributed by atoms with Gasteiger partial charge in [0.15, 0.2) is 17.5 Å². The highest BCUT2D eigenvalue weighted by molar-refractivity contribution is 5.95. The molecule has 0 bridgehead atoms. The first kappa shape index (κ1) is 17.8. The molecule has 0 unspecified atom stereocenters. The Morgan fingerprint density at radius 2 is 1.93 bits per heavy atom. The van der Waals surface area contributed by atoms with Crippen molar-refractivity contribution >= 4 is 22.6 Å². The number of fused-ring (bicyclic) bond motifs is 1. The van der Waals surface area contributed by atoms with Crippen molar-refractivity contribution in [1.82, 2.24) is 24.8 Å². The van der Waals surface area contributed by atoms with E-state index in [4.69, 9.17) is 0 Å². The molecular weight excluding hydrogens is 366 g/mol. The van der Waals surface area contributed by atoms with Crippen LogP contribution in [0.2, 0.25) is 0 Å². The third-order valence-electron chi connectivity index (χ3n) is 4.23. The first-order valence-electron chi connectivity index (χ1n) is 8.66. The van der Waals surface area contributed by atoms with E-state index >= 15 is 0 Å². The Morgan fingerprint density at radius 1 is 1.11 bits per heavy atom. The molecule has 7 nitrogen and oxygen atoms in total. The van der Waals surface area contributed by atoms with Crippen LogP contribution in [0.3, 0.4) is 0 Å². The van der Waals surface area contributed by atoms with Crippen LogP contribution in [-0.4, -0.2) is 30.7 Å². The fourth-order valence-electron chi connectivity index (χ4n) is 2.93. The van der Waals surface area contributed by atoms with Crippen molar-refractivity contribution in [2.75, 3.05) is 5.32 Å². The summed E-state index contributed by atoms with van der Waals surface area (Å²) in [7, 11) is 0. The standard InChI is InChI=1S/C19H16F2N6O/c1-2-27-22-10-17(24-27)23-18(28)11-26-16-6-4-3-5-13(16)19(25-26)12-7-8-14(20)15(21)9-12/h3-10H,2,11H2,1H3,(H,23,24,28). The molecule has 2 aromatic carbocycles. The minimum Gasteiger partial charge on any atom is -0.306 e. The molecule has 28 heavy (non-hydrogen) atoms. The number of amides is 1. The van der Waals surface area contributed by atoms with Gasteiger partial charge in [-0.1, -0.05) is 18.2 Å². The van der Waals surface area contributed by atoms with E-state index in [0.717, 1.165) is 17.5 Å². The van der Waals surface area contributed by atoms with Crippen LogP contribution in [0.1, 0.15) is 6.92 Å². The first-order chi connectivity index (χ1) is 13.5. The van der Waals surface area contributed by atoms with Crippen LogP contribution in [0, 0.1) is 11.6 Å². The molecule has 0 aliphatic rings. The molecule has 0 radical (unpaired) electrons. The number of hydrogen-bond acceptors (Lipinski definition) is 4. The van der Waals surface area contributed by atoms with Crippen molar-refractivity contribution in [2.24, 2.45) is 0 Å². The zero-order valence-corrected chi connectivity index (χ0v) is 14.9. The number of halogens is 2. The summed E-state index contributed by atoms with van der Waals surface area (Å²) in [6.45, 7) is 2.42. The first-order valence-corrected chi connectivity index (χ1v) is 8.66. The van der Waals surface area contributed by atoms with E-state index in [1.54, 1.807) is 0 Å². The maximum Gasteiger partial charge on any atom is 0.247 e. The summed E-state index contributed by atoms with van der Waals surface area (Å²) in [5.74, 6) is -1.85. The molecule has 1 N–H and O–H groups in total. The lowest BCUT2D eigenvalue weighted by molar-refractivity contribution is -0.116. The van der Waals surface area contributed by atoms with Gasteiger partial charge in [-0.3, -0.25) is 9.48 Å². The van der Waals surface area contributed by atoms with Crippen LogP contribution in [0.4, 0.5) is 14.6 Å². The molecule has 0 spiro atoms. The topological polar surface area (TPSA) is 77.6 Å². The van der Waals surface area contributed by atoms with E-state index in [1.807, 2.05) is 31.2 Å². The van der Waals surface area contributed by atoms with E-state index < -0.39 is 11.6 Å². The summed E-state index contributed by atoms with van der Waals surface area (Å²) in [6, 6.07) is 10.9. The van der Waals surface area contributed by atoms with Gasteiger partial charge in [-0.2, -0.15) is 15.0 Å². The number of benzene rings is 2. The molecular formula is C19H16F2N6O. The summed E-state index contributed by atoms with van der Waals surface area (Å²) in [6.07, 6.45) is 1.47. The van der Waals surface area contributed by atoms with Gasteiger partial charge in [0, 0.05) is 10.9 Å². The van der Waals surface area contributed by atoms with Gasteiger partial charge >= 0.3 is 0 Å². The SMILES string of the molecule is CCn1ncc(NC(=O)Cn2nc(-c3ccc(F)c(F)c3)c3ccccc32)n1. The summed E-state index contributed by atoms with van der Waals surface area (Å²) in [5, 5.41) is 16.0. The van der Waals surface area contributed by atoms with Crippen LogP contribution in [0.15, 0.2) is 48.7 Å². The van der Waals surface area contributed by atoms with Crippen LogP contribution in [0.5, 0.6) is 0 Å². The van der Waals surface area contributed by atoms with E-state index in [2.05, 4.69) is 20.6 Å². The lowest BCUT2D eigenvalue weighted by atomic mass is 10.1. The highest BCUT2D eigenvalue weighted by Gasteiger charge is 2.16. The Labute approximate surface area is 158 Å². The lowest BCUT2D eigenvalue weighted by Gasteiger charge is -2.03. The third kappa shape index (κ3) is 3.34. The highest BCUT2D eigenvalue weighted by Crippen LogP contribution is 2.28. The van der Waals surface area contributed by atoms with Crippen molar-refractivity contribution in [3.8, 4) is 11.3 Å². The Hall–Kier alpha value is -3.62. The number of para-hydroxylation sites is 1. The van der Waals surface area contributed by atoms with Gasteiger partial charge in [-0.15, -0.1) is 5.10 Å². The second-order valence-electron chi connectivity index (χ2n) is 6.12. The molecule has 2 aromatic heterocycles. The number of hydrogen-bond donors (Lipinski definition) is 1. The van der Waals surface area contributed by atoms with E-state index in [-0.39, 0.29) is 12.5 Å². The van der Waals surface area contributed by atoms with Crippen molar-refractivity contribution in [3.63, 3.8) is 0 Å². The van der Waals surface area contributed by atoms with Crippen molar-refractivity contribution < 1.29 is 13.6 Å². The van der Waals surface area contributed by atoms with E-state index in [0.29, 0.717) is 29.1 Å². The lowest BCUT2D eigenvalue weighted by Crippen LogP contribution is -2.20. The van der Waals surface area contributed by atoms with Crippen LogP contribution >= 0.6 is 0 Å². The van der Waals surface area contributed by atoms with Gasteiger partial charge in [0.2, 0.25) is 5.91 Å². The maximum absolute atomic E-state index is 13.7. The summed E-state index contributed by atoms with van der Waals surface area (Å²) >= 11 is 0. The van der Waals surface area contributed by atoms with Gasteiger partial charge in [-0.25, -0.2) is 8.78 Å². The number of anilines is 1. The number of aromatic nitrogens is 5. The number of carbonyl (C=O) groups excluding carboxylic acids is 1. The van der Waals surface area contributed by atoms with Crippen LogP contribution in [-0.2, 0) is 17.9 Å². The van der Waals surface area contributed by atoms with E-state index in [9.17, 15) is 13.6 Å². The van der Waals surface area contributed by atoms with Gasteiger partial charge in [0.1, 0.15) is 12.2 Å². The summed E-state index contributed by atoms with van der Waals surface area (Å²) in [4.78, 5) is 13.9. The van der Waals surface area contributed by atoms with Crippen molar-refractivity contribution in [3.05, 3.63) is 60.3 Å². The fourth-order valence-corrected chi connectivity index (χ4v) is 2.93. The summed E-state index contributed by atoms with van der Waals surface area (Å²) in [5.41, 5.74) is 1.61. The Morgan fingerprint density at radius 3 is 2.68 bits per heavy atom. The predicted octanol–water partition coefficient (Wildman–Crippen LogP) is 3.23. The quantitative estimate of drug-likeness (QED) is 0.575. The smallest absolute Gasteiger partial charge is 0.247 e. The molecule has 2 heterocycles. The molecule has 0 saturated heterocycles. The molecule has 142 valence electrons. The van der Waals surface area contributed by atoms with Gasteiger partial charge < -0.3 is 5.32 Å². The maximum atomic E-state index is 13.7. The Kier molecular flexibility index (Phi) is 4.56. The Balaban J connectivity index is 1.65. The van der Waals surface area contributed by atoms with Gasteiger partial charge in [0.05, 0.1) is 18.3 Å². The number of carbonyl (C=O) groups is 1. The third-order valence-corrected chi connectivity index (χ3v) is 4.23. The second kappa shape index (κ2) is 7.18. The van der Waals surface area contributed by atoms with Gasteiger partial charge in [-0.05, 0) is 31.2 Å². The van der Waals surface area contributed by atoms with Crippen molar-refractivity contribution in [2.45, 2.75) is 20.0 Å². The molecule has 0 saturated carbocycles. The largest absolute Gasteiger partial charge is 0.306 e. The van der Waals surface area contributed by atoms with Crippen molar-refractivity contribution in [1.29, 1.82) is 0 Å². The number of nitrogens with zero attached hydrogens (tertiary/aromatic N) is 5. The van der Waals surface area contributed by atoms with Crippen LogP contribution < -0.4 is 5.32 Å². The number of nitrogens with one attached hydrogen (secondary N) is 1.